The Morgan fingerprint density at radius 1 is 1.27 bits per heavy atom. The van der Waals surface area contributed by atoms with Crippen molar-refractivity contribution in [2.45, 2.75) is 20.3 Å². The van der Waals surface area contributed by atoms with Gasteiger partial charge in [0.2, 0.25) is 5.91 Å². The third-order valence-electron chi connectivity index (χ3n) is 3.33. The zero-order valence-corrected chi connectivity index (χ0v) is 12.3. The van der Waals surface area contributed by atoms with Crippen LogP contribution in [0, 0.1) is 13.8 Å². The summed E-state index contributed by atoms with van der Waals surface area (Å²) >= 11 is 0. The van der Waals surface area contributed by atoms with Crippen LogP contribution in [-0.2, 0) is 11.2 Å². The maximum Gasteiger partial charge on any atom is 0.251 e. The van der Waals surface area contributed by atoms with E-state index >= 15 is 0 Å². The Morgan fingerprint density at radius 3 is 2.82 bits per heavy atom. The molecule has 6 nitrogen and oxygen atoms in total. The Labute approximate surface area is 126 Å². The lowest BCUT2D eigenvalue weighted by Crippen LogP contribution is -2.15. The first-order valence-corrected chi connectivity index (χ1v) is 6.87. The molecule has 112 valence electrons. The smallest absolute Gasteiger partial charge is 0.251 e. The molecule has 2 N–H and O–H groups in total. The molecule has 0 radical (unpaired) electrons. The van der Waals surface area contributed by atoms with Crippen LogP contribution in [0.15, 0.2) is 39.6 Å². The number of H-pyrrole nitrogens is 1. The highest BCUT2D eigenvalue weighted by molar-refractivity contribution is 5.94. The van der Waals surface area contributed by atoms with Gasteiger partial charge in [-0.2, -0.15) is 0 Å². The maximum atomic E-state index is 12.0. The molecule has 0 fully saturated rings. The normalized spacial score (nSPS) is 10.8. The Balaban J connectivity index is 1.80. The zero-order chi connectivity index (χ0) is 15.7. The number of nitrogens with zero attached hydrogens (tertiary/aromatic N) is 1. The minimum absolute atomic E-state index is 0.131. The minimum atomic E-state index is -0.192. The summed E-state index contributed by atoms with van der Waals surface area (Å²) < 4.78 is 4.93. The molecule has 22 heavy (non-hydrogen) atoms. The first-order chi connectivity index (χ1) is 10.5. The van der Waals surface area contributed by atoms with Crippen LogP contribution in [-0.4, -0.2) is 16.0 Å². The fourth-order valence-electron chi connectivity index (χ4n) is 2.26. The zero-order valence-electron chi connectivity index (χ0n) is 12.3. The number of carbonyl (C=O) groups excluding carboxylic acids is 1. The van der Waals surface area contributed by atoms with E-state index in [1.807, 2.05) is 12.1 Å². The van der Waals surface area contributed by atoms with E-state index in [1.54, 1.807) is 32.0 Å². The third-order valence-corrected chi connectivity index (χ3v) is 3.33. The lowest BCUT2D eigenvalue weighted by Gasteiger charge is -2.06. The summed E-state index contributed by atoms with van der Waals surface area (Å²) in [4.78, 5) is 26.4. The number of carbonyl (C=O) groups is 1. The van der Waals surface area contributed by atoms with E-state index in [-0.39, 0.29) is 17.9 Å². The van der Waals surface area contributed by atoms with Crippen LogP contribution in [0.25, 0.3) is 10.9 Å². The third kappa shape index (κ3) is 2.90. The average molecular weight is 297 g/mol. The van der Waals surface area contributed by atoms with Crippen molar-refractivity contribution in [3.8, 4) is 0 Å². The molecule has 1 aromatic carbocycles. The fourth-order valence-corrected chi connectivity index (χ4v) is 2.26. The topological polar surface area (TPSA) is 88.0 Å². The van der Waals surface area contributed by atoms with Crippen LogP contribution < -0.4 is 10.9 Å². The average Bonchev–Trinajstić information content (AvgIpc) is 2.85. The van der Waals surface area contributed by atoms with Crippen molar-refractivity contribution in [2.24, 2.45) is 0 Å². The van der Waals surface area contributed by atoms with Crippen molar-refractivity contribution in [3.05, 3.63) is 57.7 Å². The number of aromatic nitrogens is 2. The van der Waals surface area contributed by atoms with Crippen LogP contribution in [0.1, 0.15) is 17.0 Å². The standard InChI is InChI=1S/C16H15N3O3/c1-9-5-11-3-4-12(7-14(11)18-16(9)21)17-15(20)8-13-6-10(2)22-19-13/h3-7H,8H2,1-2H3,(H,17,20)(H,18,21). The van der Waals surface area contributed by atoms with Crippen LogP contribution in [0.2, 0.25) is 0 Å². The molecule has 0 aliphatic heterocycles. The lowest BCUT2D eigenvalue weighted by molar-refractivity contribution is -0.115. The van der Waals surface area contributed by atoms with E-state index in [4.69, 9.17) is 4.52 Å². The van der Waals surface area contributed by atoms with Gasteiger partial charge in [0.1, 0.15) is 5.76 Å². The number of amides is 1. The van der Waals surface area contributed by atoms with Crippen LogP contribution in [0.5, 0.6) is 0 Å². The number of pyridine rings is 1. The quantitative estimate of drug-likeness (QED) is 0.776. The van der Waals surface area contributed by atoms with Crippen LogP contribution >= 0.6 is 0 Å². The summed E-state index contributed by atoms with van der Waals surface area (Å²) in [5.41, 5.74) is 2.42. The number of aryl methyl sites for hydroxylation is 2. The molecule has 2 heterocycles. The Morgan fingerprint density at radius 2 is 2.09 bits per heavy atom. The number of benzene rings is 1. The molecule has 6 heteroatoms. The number of hydrogen-bond acceptors (Lipinski definition) is 4. The summed E-state index contributed by atoms with van der Waals surface area (Å²) in [6.45, 7) is 3.53. The van der Waals surface area contributed by atoms with Gasteiger partial charge >= 0.3 is 0 Å². The van der Waals surface area contributed by atoms with Gasteiger partial charge < -0.3 is 14.8 Å². The fraction of sp³-hybridized carbons (Fsp3) is 0.188. The monoisotopic (exact) mass is 297 g/mol. The van der Waals surface area contributed by atoms with Crippen LogP contribution in [0.4, 0.5) is 5.69 Å². The molecule has 0 aliphatic carbocycles. The first kappa shape index (κ1) is 14.1. The van der Waals surface area contributed by atoms with Gasteiger partial charge in [-0.25, -0.2) is 0 Å². The van der Waals surface area contributed by atoms with E-state index < -0.39 is 0 Å². The van der Waals surface area contributed by atoms with Crippen molar-refractivity contribution < 1.29 is 9.32 Å². The molecule has 3 rings (SSSR count). The Hall–Kier alpha value is -2.89. The molecular formula is C16H15N3O3. The number of fused-ring (bicyclic) bond motifs is 1. The van der Waals surface area contributed by atoms with E-state index in [0.717, 1.165) is 5.39 Å². The van der Waals surface area contributed by atoms with Gasteiger partial charge in [0.15, 0.2) is 0 Å². The number of anilines is 1. The minimum Gasteiger partial charge on any atom is -0.361 e. The highest BCUT2D eigenvalue weighted by atomic mass is 16.5. The second-order valence-corrected chi connectivity index (χ2v) is 5.24. The van der Waals surface area contributed by atoms with Gasteiger partial charge in [0.25, 0.3) is 5.56 Å². The molecule has 0 unspecified atom stereocenters. The number of nitrogens with one attached hydrogen (secondary N) is 2. The summed E-state index contributed by atoms with van der Waals surface area (Å²) in [5.74, 6) is 0.476. The number of aromatic amines is 1. The van der Waals surface area contributed by atoms with Gasteiger partial charge in [0.05, 0.1) is 17.6 Å². The molecule has 1 amide bonds. The summed E-state index contributed by atoms with van der Waals surface area (Å²) in [5, 5.41) is 7.49. The molecule has 0 saturated heterocycles. The first-order valence-electron chi connectivity index (χ1n) is 6.87. The van der Waals surface area contributed by atoms with Gasteiger partial charge in [-0.05, 0) is 37.4 Å². The molecule has 0 atom stereocenters. The molecular weight excluding hydrogens is 282 g/mol. The molecule has 3 aromatic rings. The Kier molecular flexibility index (Phi) is 3.50. The van der Waals surface area contributed by atoms with E-state index in [9.17, 15) is 9.59 Å². The highest BCUT2D eigenvalue weighted by Crippen LogP contribution is 2.17. The second-order valence-electron chi connectivity index (χ2n) is 5.24. The van der Waals surface area contributed by atoms with E-state index in [2.05, 4.69) is 15.5 Å². The summed E-state index contributed by atoms with van der Waals surface area (Å²) in [6.07, 6.45) is 0.139. The van der Waals surface area contributed by atoms with Crippen molar-refractivity contribution in [2.75, 3.05) is 5.32 Å². The number of hydrogen-bond donors (Lipinski definition) is 2. The van der Waals surface area contributed by atoms with E-state index in [0.29, 0.717) is 28.2 Å². The number of rotatable bonds is 3. The van der Waals surface area contributed by atoms with E-state index in [1.165, 1.54) is 0 Å². The SMILES string of the molecule is Cc1cc(CC(=O)Nc2ccc3cc(C)c(=O)[nH]c3c2)no1. The Bertz CT molecular complexity index is 908. The maximum absolute atomic E-state index is 12.0. The predicted molar refractivity (Wildman–Crippen MR) is 82.9 cm³/mol. The summed E-state index contributed by atoms with van der Waals surface area (Å²) in [7, 11) is 0. The summed E-state index contributed by atoms with van der Waals surface area (Å²) in [6, 6.07) is 8.93. The van der Waals surface area contributed by atoms with Crippen molar-refractivity contribution in [1.29, 1.82) is 0 Å². The molecule has 0 bridgehead atoms. The lowest BCUT2D eigenvalue weighted by atomic mass is 10.1. The van der Waals surface area contributed by atoms with Gasteiger partial charge in [-0.1, -0.05) is 11.2 Å². The molecule has 2 aromatic heterocycles. The molecule has 0 spiro atoms. The highest BCUT2D eigenvalue weighted by Gasteiger charge is 2.08. The van der Waals surface area contributed by atoms with Crippen LogP contribution in [0.3, 0.4) is 0 Å². The van der Waals surface area contributed by atoms with Crippen molar-refractivity contribution >= 4 is 22.5 Å². The second kappa shape index (κ2) is 5.48. The van der Waals surface area contributed by atoms with Gasteiger partial charge in [-0.3, -0.25) is 9.59 Å². The van der Waals surface area contributed by atoms with Crippen molar-refractivity contribution in [3.63, 3.8) is 0 Å². The molecule has 0 aliphatic rings. The van der Waals surface area contributed by atoms with Gasteiger partial charge in [-0.15, -0.1) is 0 Å². The predicted octanol–water partition coefficient (Wildman–Crippen LogP) is 2.31. The van der Waals surface area contributed by atoms with Gasteiger partial charge in [0, 0.05) is 17.3 Å². The van der Waals surface area contributed by atoms with Crippen molar-refractivity contribution in [1.82, 2.24) is 10.1 Å². The largest absolute Gasteiger partial charge is 0.361 e. The molecule has 0 saturated carbocycles.